The standard InChI is InChI=1S/C13H20N2/c1-10-4-6-11(7-5-10)12-8-14-9-13(12)15(2)3/h4-7,12-14H,8-9H2,1-3H3/t12-,13+/m0/s1. The molecule has 2 atom stereocenters. The average molecular weight is 204 g/mol. The fourth-order valence-corrected chi connectivity index (χ4v) is 2.36. The zero-order valence-corrected chi connectivity index (χ0v) is 9.83. The molecule has 1 N–H and O–H groups in total. The van der Waals surface area contributed by atoms with E-state index in [1.807, 2.05) is 0 Å². The zero-order valence-electron chi connectivity index (χ0n) is 9.83. The maximum Gasteiger partial charge on any atom is 0.0295 e. The van der Waals surface area contributed by atoms with Crippen molar-refractivity contribution >= 4 is 0 Å². The van der Waals surface area contributed by atoms with Crippen LogP contribution in [0.1, 0.15) is 17.0 Å². The molecule has 0 aromatic heterocycles. The lowest BCUT2D eigenvalue weighted by atomic mass is 9.93. The normalized spacial score (nSPS) is 26.1. The third kappa shape index (κ3) is 2.21. The van der Waals surface area contributed by atoms with Crippen LogP contribution in [0.25, 0.3) is 0 Å². The van der Waals surface area contributed by atoms with Crippen molar-refractivity contribution in [2.75, 3.05) is 27.2 Å². The van der Waals surface area contributed by atoms with Crippen LogP contribution in [0.3, 0.4) is 0 Å². The van der Waals surface area contributed by atoms with Gasteiger partial charge in [0.15, 0.2) is 0 Å². The number of nitrogens with zero attached hydrogens (tertiary/aromatic N) is 1. The van der Waals surface area contributed by atoms with Gasteiger partial charge in [-0.2, -0.15) is 0 Å². The Kier molecular flexibility index (Phi) is 3.08. The molecule has 1 fully saturated rings. The second kappa shape index (κ2) is 4.33. The molecule has 2 rings (SSSR count). The molecular weight excluding hydrogens is 184 g/mol. The van der Waals surface area contributed by atoms with Gasteiger partial charge in [-0.1, -0.05) is 29.8 Å². The SMILES string of the molecule is Cc1ccc([C@@H]2CNC[C@H]2N(C)C)cc1. The van der Waals surface area contributed by atoms with Gasteiger partial charge in [0.05, 0.1) is 0 Å². The maximum absolute atomic E-state index is 3.48. The zero-order chi connectivity index (χ0) is 10.8. The predicted octanol–water partition coefficient (Wildman–Crippen LogP) is 1.61. The molecule has 0 aliphatic carbocycles. The predicted molar refractivity (Wildman–Crippen MR) is 64.3 cm³/mol. The Morgan fingerprint density at radius 3 is 2.40 bits per heavy atom. The fourth-order valence-electron chi connectivity index (χ4n) is 2.36. The van der Waals surface area contributed by atoms with Gasteiger partial charge in [-0.15, -0.1) is 0 Å². The molecule has 0 spiro atoms. The molecule has 1 saturated heterocycles. The first kappa shape index (κ1) is 10.7. The lowest BCUT2D eigenvalue weighted by molar-refractivity contribution is 0.291. The lowest BCUT2D eigenvalue weighted by Crippen LogP contribution is -2.33. The monoisotopic (exact) mass is 204 g/mol. The first-order valence-electron chi connectivity index (χ1n) is 5.62. The number of hydrogen-bond donors (Lipinski definition) is 1. The molecular formula is C13H20N2. The molecule has 1 aliphatic heterocycles. The van der Waals surface area contributed by atoms with Gasteiger partial charge >= 0.3 is 0 Å². The highest BCUT2D eigenvalue weighted by molar-refractivity contribution is 5.27. The van der Waals surface area contributed by atoms with Crippen LogP contribution in [-0.2, 0) is 0 Å². The molecule has 0 amide bonds. The van der Waals surface area contributed by atoms with Crippen LogP contribution in [0.15, 0.2) is 24.3 Å². The molecule has 1 heterocycles. The van der Waals surface area contributed by atoms with Gasteiger partial charge < -0.3 is 10.2 Å². The molecule has 0 unspecified atom stereocenters. The Balaban J connectivity index is 2.19. The summed E-state index contributed by atoms with van der Waals surface area (Å²) in [5.41, 5.74) is 2.80. The summed E-state index contributed by atoms with van der Waals surface area (Å²) in [4.78, 5) is 2.32. The van der Waals surface area contributed by atoms with E-state index in [1.165, 1.54) is 11.1 Å². The van der Waals surface area contributed by atoms with Crippen molar-refractivity contribution in [1.82, 2.24) is 10.2 Å². The van der Waals surface area contributed by atoms with Crippen LogP contribution >= 0.6 is 0 Å². The van der Waals surface area contributed by atoms with Gasteiger partial charge in [-0.05, 0) is 26.6 Å². The molecule has 0 bridgehead atoms. The Bertz CT molecular complexity index is 316. The van der Waals surface area contributed by atoms with Crippen molar-refractivity contribution in [2.24, 2.45) is 0 Å². The first-order valence-corrected chi connectivity index (χ1v) is 5.62. The molecule has 1 aromatic rings. The topological polar surface area (TPSA) is 15.3 Å². The second-order valence-electron chi connectivity index (χ2n) is 4.71. The van der Waals surface area contributed by atoms with Gasteiger partial charge in [-0.25, -0.2) is 0 Å². The van der Waals surface area contributed by atoms with Crippen LogP contribution in [0.5, 0.6) is 0 Å². The smallest absolute Gasteiger partial charge is 0.0295 e. The van der Waals surface area contributed by atoms with Crippen molar-refractivity contribution in [2.45, 2.75) is 18.9 Å². The molecule has 15 heavy (non-hydrogen) atoms. The number of benzene rings is 1. The summed E-state index contributed by atoms with van der Waals surface area (Å²) in [6.07, 6.45) is 0. The van der Waals surface area contributed by atoms with Crippen LogP contribution < -0.4 is 5.32 Å². The highest BCUT2D eigenvalue weighted by Crippen LogP contribution is 2.25. The first-order chi connectivity index (χ1) is 7.18. The van der Waals surface area contributed by atoms with Crippen LogP contribution in [0, 0.1) is 6.92 Å². The summed E-state index contributed by atoms with van der Waals surface area (Å²) in [6, 6.07) is 9.58. The minimum absolute atomic E-state index is 0.632. The molecule has 2 nitrogen and oxygen atoms in total. The van der Waals surface area contributed by atoms with Crippen molar-refractivity contribution in [3.05, 3.63) is 35.4 Å². The summed E-state index contributed by atoms with van der Waals surface area (Å²) in [6.45, 7) is 4.34. The molecule has 1 aliphatic rings. The van der Waals surface area contributed by atoms with Crippen molar-refractivity contribution < 1.29 is 0 Å². The lowest BCUT2D eigenvalue weighted by Gasteiger charge is -2.25. The number of likely N-dealkylation sites (N-methyl/N-ethyl adjacent to an activating group) is 1. The van der Waals surface area contributed by atoms with E-state index in [0.29, 0.717) is 12.0 Å². The number of hydrogen-bond acceptors (Lipinski definition) is 2. The van der Waals surface area contributed by atoms with Crippen LogP contribution in [0.4, 0.5) is 0 Å². The van der Waals surface area contributed by atoms with Gasteiger partial charge in [0.25, 0.3) is 0 Å². The van der Waals surface area contributed by atoms with E-state index < -0.39 is 0 Å². The Morgan fingerprint density at radius 2 is 1.80 bits per heavy atom. The van der Waals surface area contributed by atoms with Gasteiger partial charge in [0.2, 0.25) is 0 Å². The number of aryl methyl sites for hydroxylation is 1. The maximum atomic E-state index is 3.48. The molecule has 2 heteroatoms. The number of nitrogens with one attached hydrogen (secondary N) is 1. The van der Waals surface area contributed by atoms with Crippen LogP contribution in [-0.4, -0.2) is 38.1 Å². The van der Waals surface area contributed by atoms with Gasteiger partial charge in [0, 0.05) is 25.0 Å². The fraction of sp³-hybridized carbons (Fsp3) is 0.538. The number of rotatable bonds is 2. The third-order valence-electron chi connectivity index (χ3n) is 3.35. The van der Waals surface area contributed by atoms with Gasteiger partial charge in [-0.3, -0.25) is 0 Å². The highest BCUT2D eigenvalue weighted by Gasteiger charge is 2.29. The summed E-state index contributed by atoms with van der Waals surface area (Å²) in [5, 5.41) is 3.48. The summed E-state index contributed by atoms with van der Waals surface area (Å²) >= 11 is 0. The Labute approximate surface area is 92.3 Å². The van der Waals surface area contributed by atoms with E-state index in [4.69, 9.17) is 0 Å². The summed E-state index contributed by atoms with van der Waals surface area (Å²) < 4.78 is 0. The highest BCUT2D eigenvalue weighted by atomic mass is 15.2. The molecule has 0 radical (unpaired) electrons. The van der Waals surface area contributed by atoms with E-state index in [-0.39, 0.29) is 0 Å². The van der Waals surface area contributed by atoms with Crippen LogP contribution in [0.2, 0.25) is 0 Å². The summed E-state index contributed by atoms with van der Waals surface area (Å²) in [7, 11) is 4.33. The summed E-state index contributed by atoms with van der Waals surface area (Å²) in [5.74, 6) is 0.639. The van der Waals surface area contributed by atoms with E-state index in [2.05, 4.69) is 55.5 Å². The molecule has 0 saturated carbocycles. The third-order valence-corrected chi connectivity index (χ3v) is 3.35. The largest absolute Gasteiger partial charge is 0.314 e. The van der Waals surface area contributed by atoms with Crippen molar-refractivity contribution in [3.63, 3.8) is 0 Å². The van der Waals surface area contributed by atoms with E-state index in [0.717, 1.165) is 13.1 Å². The van der Waals surface area contributed by atoms with Crippen molar-refractivity contribution in [1.29, 1.82) is 0 Å². The van der Waals surface area contributed by atoms with Gasteiger partial charge in [0.1, 0.15) is 0 Å². The average Bonchev–Trinajstić information content (AvgIpc) is 2.67. The molecule has 82 valence electrons. The van der Waals surface area contributed by atoms with Crippen molar-refractivity contribution in [3.8, 4) is 0 Å². The second-order valence-corrected chi connectivity index (χ2v) is 4.71. The minimum Gasteiger partial charge on any atom is -0.314 e. The molecule has 1 aromatic carbocycles. The quantitative estimate of drug-likeness (QED) is 0.787. The van der Waals surface area contributed by atoms with E-state index in [1.54, 1.807) is 0 Å². The van der Waals surface area contributed by atoms with E-state index in [9.17, 15) is 0 Å². The van der Waals surface area contributed by atoms with E-state index >= 15 is 0 Å². The minimum atomic E-state index is 0.632. The Morgan fingerprint density at radius 1 is 1.13 bits per heavy atom. The Hall–Kier alpha value is -0.860.